The van der Waals surface area contributed by atoms with Gasteiger partial charge in [0, 0.05) is 18.2 Å². The Hall–Kier alpha value is -1.76. The van der Waals surface area contributed by atoms with Crippen molar-refractivity contribution in [2.24, 2.45) is 0 Å². The van der Waals surface area contributed by atoms with Crippen LogP contribution >= 0.6 is 15.9 Å². The fraction of sp³-hybridized carbons (Fsp3) is 0.385. The molecule has 0 radical (unpaired) electrons. The van der Waals surface area contributed by atoms with Crippen molar-refractivity contribution in [3.8, 4) is 5.82 Å². The summed E-state index contributed by atoms with van der Waals surface area (Å²) in [7, 11) is 0. The van der Waals surface area contributed by atoms with E-state index >= 15 is 0 Å². The first kappa shape index (κ1) is 13.2. The predicted octanol–water partition coefficient (Wildman–Crippen LogP) is 2.48. The molecule has 0 atom stereocenters. The van der Waals surface area contributed by atoms with E-state index in [1.807, 2.05) is 0 Å². The molecule has 2 aromatic rings. The second-order valence-corrected chi connectivity index (χ2v) is 5.39. The average molecular weight is 337 g/mol. The summed E-state index contributed by atoms with van der Waals surface area (Å²) in [6, 6.07) is 1.77. The molecular weight excluding hydrogens is 324 g/mol. The Bertz CT molecular complexity index is 652. The van der Waals surface area contributed by atoms with Crippen molar-refractivity contribution in [3.05, 3.63) is 34.5 Å². The van der Waals surface area contributed by atoms with E-state index in [0.29, 0.717) is 23.9 Å². The SMILES string of the molecule is CCOC(=O)c1cnn(-c2cc(Br)nc(C3CC3)n2)c1. The molecule has 2 heterocycles. The van der Waals surface area contributed by atoms with Crippen molar-refractivity contribution in [3.63, 3.8) is 0 Å². The topological polar surface area (TPSA) is 69.9 Å². The number of rotatable bonds is 4. The van der Waals surface area contributed by atoms with Crippen LogP contribution in [0.3, 0.4) is 0 Å². The lowest BCUT2D eigenvalue weighted by molar-refractivity contribution is 0.0526. The maximum Gasteiger partial charge on any atom is 0.341 e. The van der Waals surface area contributed by atoms with E-state index in [1.165, 1.54) is 6.20 Å². The van der Waals surface area contributed by atoms with Gasteiger partial charge in [-0.3, -0.25) is 0 Å². The van der Waals surface area contributed by atoms with E-state index in [-0.39, 0.29) is 5.97 Å². The number of carbonyl (C=O) groups is 1. The van der Waals surface area contributed by atoms with Gasteiger partial charge in [0.05, 0.1) is 18.4 Å². The first-order valence-corrected chi connectivity index (χ1v) is 7.23. The van der Waals surface area contributed by atoms with Crippen molar-refractivity contribution in [1.29, 1.82) is 0 Å². The van der Waals surface area contributed by atoms with E-state index in [1.54, 1.807) is 23.9 Å². The Morgan fingerprint density at radius 2 is 2.30 bits per heavy atom. The summed E-state index contributed by atoms with van der Waals surface area (Å²) in [5.74, 6) is 1.53. The highest BCUT2D eigenvalue weighted by Gasteiger charge is 2.27. The van der Waals surface area contributed by atoms with E-state index in [2.05, 4.69) is 31.0 Å². The van der Waals surface area contributed by atoms with Gasteiger partial charge in [-0.1, -0.05) is 0 Å². The summed E-state index contributed by atoms with van der Waals surface area (Å²) in [6.07, 6.45) is 5.35. The highest BCUT2D eigenvalue weighted by molar-refractivity contribution is 9.10. The third-order valence-corrected chi connectivity index (χ3v) is 3.38. The smallest absolute Gasteiger partial charge is 0.341 e. The van der Waals surface area contributed by atoms with Crippen LogP contribution in [0.4, 0.5) is 0 Å². The minimum Gasteiger partial charge on any atom is -0.462 e. The van der Waals surface area contributed by atoms with Crippen molar-refractivity contribution in [2.75, 3.05) is 6.61 Å². The second-order valence-electron chi connectivity index (χ2n) is 4.58. The van der Waals surface area contributed by atoms with Crippen molar-refractivity contribution in [2.45, 2.75) is 25.7 Å². The monoisotopic (exact) mass is 336 g/mol. The molecule has 0 unspecified atom stereocenters. The largest absolute Gasteiger partial charge is 0.462 e. The van der Waals surface area contributed by atoms with Crippen LogP contribution in [0.5, 0.6) is 0 Å². The number of aromatic nitrogens is 4. The Kier molecular flexibility index (Phi) is 3.52. The third kappa shape index (κ3) is 2.72. The number of ether oxygens (including phenoxy) is 1. The zero-order valence-electron chi connectivity index (χ0n) is 10.9. The fourth-order valence-electron chi connectivity index (χ4n) is 1.83. The molecule has 20 heavy (non-hydrogen) atoms. The van der Waals surface area contributed by atoms with Gasteiger partial charge in [-0.25, -0.2) is 19.4 Å². The molecule has 0 bridgehead atoms. The van der Waals surface area contributed by atoms with E-state index < -0.39 is 0 Å². The van der Waals surface area contributed by atoms with Gasteiger partial charge in [-0.2, -0.15) is 5.10 Å². The maximum atomic E-state index is 11.6. The predicted molar refractivity (Wildman–Crippen MR) is 74.8 cm³/mol. The van der Waals surface area contributed by atoms with Crippen LogP contribution < -0.4 is 0 Å². The lowest BCUT2D eigenvalue weighted by Gasteiger charge is -2.04. The summed E-state index contributed by atoms with van der Waals surface area (Å²) < 4.78 is 7.22. The van der Waals surface area contributed by atoms with Gasteiger partial charge in [0.2, 0.25) is 0 Å². The number of carbonyl (C=O) groups excluding carboxylic acids is 1. The van der Waals surface area contributed by atoms with E-state index in [9.17, 15) is 4.79 Å². The lowest BCUT2D eigenvalue weighted by atomic mass is 10.4. The number of nitrogens with zero attached hydrogens (tertiary/aromatic N) is 4. The van der Waals surface area contributed by atoms with Gasteiger partial charge < -0.3 is 4.74 Å². The molecule has 1 fully saturated rings. The van der Waals surface area contributed by atoms with Gasteiger partial charge in [-0.15, -0.1) is 0 Å². The fourth-order valence-corrected chi connectivity index (χ4v) is 2.22. The lowest BCUT2D eigenvalue weighted by Crippen LogP contribution is -2.04. The molecule has 0 aromatic carbocycles. The van der Waals surface area contributed by atoms with Crippen molar-refractivity contribution < 1.29 is 9.53 Å². The molecule has 1 aliphatic carbocycles. The second kappa shape index (κ2) is 5.32. The standard InChI is InChI=1S/C13H13BrN4O2/c1-2-20-13(19)9-6-15-18(7-9)11-5-10(14)16-12(17-11)8-3-4-8/h5-8H,2-4H2,1H3. The zero-order chi connectivity index (χ0) is 14.1. The number of halogens is 1. The van der Waals surface area contributed by atoms with Gasteiger partial charge in [0.1, 0.15) is 10.4 Å². The molecule has 7 heteroatoms. The van der Waals surface area contributed by atoms with E-state index in [0.717, 1.165) is 23.3 Å². The molecule has 3 rings (SSSR count). The molecule has 6 nitrogen and oxygen atoms in total. The molecule has 0 saturated heterocycles. The Labute approximate surface area is 124 Å². The zero-order valence-corrected chi connectivity index (χ0v) is 12.5. The van der Waals surface area contributed by atoms with Crippen molar-refractivity contribution in [1.82, 2.24) is 19.7 Å². The average Bonchev–Trinajstić information content (AvgIpc) is 3.15. The summed E-state index contributed by atoms with van der Waals surface area (Å²) in [4.78, 5) is 20.5. The molecule has 0 amide bonds. The Morgan fingerprint density at radius 1 is 1.50 bits per heavy atom. The summed E-state index contributed by atoms with van der Waals surface area (Å²) in [5.41, 5.74) is 0.412. The maximum absolute atomic E-state index is 11.6. The molecule has 0 aliphatic heterocycles. The normalized spacial score (nSPS) is 14.3. The number of hydrogen-bond donors (Lipinski definition) is 0. The van der Waals surface area contributed by atoms with Gasteiger partial charge in [0.25, 0.3) is 0 Å². The number of esters is 1. The van der Waals surface area contributed by atoms with Crippen LogP contribution in [-0.2, 0) is 4.74 Å². The third-order valence-electron chi connectivity index (χ3n) is 2.97. The van der Waals surface area contributed by atoms with E-state index in [4.69, 9.17) is 4.74 Å². The molecular formula is C13H13BrN4O2. The van der Waals surface area contributed by atoms with Crippen LogP contribution in [0.25, 0.3) is 5.82 Å². The van der Waals surface area contributed by atoms with Crippen LogP contribution in [0, 0.1) is 0 Å². The summed E-state index contributed by atoms with van der Waals surface area (Å²) in [6.45, 7) is 2.11. The molecule has 104 valence electrons. The molecule has 0 N–H and O–H groups in total. The molecule has 0 spiro atoms. The highest BCUT2D eigenvalue weighted by Crippen LogP contribution is 2.38. The highest BCUT2D eigenvalue weighted by atomic mass is 79.9. The number of hydrogen-bond acceptors (Lipinski definition) is 5. The first-order valence-electron chi connectivity index (χ1n) is 6.44. The Balaban J connectivity index is 1.90. The van der Waals surface area contributed by atoms with Crippen LogP contribution in [0.2, 0.25) is 0 Å². The minimum atomic E-state index is -0.380. The Morgan fingerprint density at radius 3 is 3.00 bits per heavy atom. The van der Waals surface area contributed by atoms with Crippen LogP contribution in [0.15, 0.2) is 23.1 Å². The molecule has 1 aliphatic rings. The van der Waals surface area contributed by atoms with Crippen LogP contribution in [-0.4, -0.2) is 32.3 Å². The summed E-state index contributed by atoms with van der Waals surface area (Å²) >= 11 is 3.38. The van der Waals surface area contributed by atoms with Crippen LogP contribution in [0.1, 0.15) is 41.9 Å². The van der Waals surface area contributed by atoms with Gasteiger partial charge >= 0.3 is 5.97 Å². The molecule has 2 aromatic heterocycles. The molecule has 1 saturated carbocycles. The van der Waals surface area contributed by atoms with Crippen molar-refractivity contribution >= 4 is 21.9 Å². The van der Waals surface area contributed by atoms with Gasteiger partial charge in [0.15, 0.2) is 5.82 Å². The quantitative estimate of drug-likeness (QED) is 0.633. The van der Waals surface area contributed by atoms with Gasteiger partial charge in [-0.05, 0) is 35.7 Å². The first-order chi connectivity index (χ1) is 9.67. The minimum absolute atomic E-state index is 0.342. The summed E-state index contributed by atoms with van der Waals surface area (Å²) in [5, 5.41) is 4.16.